The Morgan fingerprint density at radius 2 is 2.02 bits per heavy atom. The van der Waals surface area contributed by atoms with Gasteiger partial charge in [-0.15, -0.1) is 16.9 Å². The number of aryl methyl sites for hydroxylation is 1. The highest BCUT2D eigenvalue weighted by Gasteiger charge is 2.54. The molecule has 1 aromatic carbocycles. The van der Waals surface area contributed by atoms with Crippen LogP contribution in [0.2, 0.25) is 5.02 Å². The van der Waals surface area contributed by atoms with E-state index in [0.29, 0.717) is 15.8 Å². The van der Waals surface area contributed by atoms with Crippen LogP contribution in [0.4, 0.5) is 5.13 Å². The maximum atomic E-state index is 13.3. The molecule has 5 N–H and O–H groups in total. The van der Waals surface area contributed by atoms with Crippen molar-refractivity contribution >= 4 is 81.3 Å². The van der Waals surface area contributed by atoms with Crippen LogP contribution in [0.3, 0.4) is 0 Å². The van der Waals surface area contributed by atoms with Crippen LogP contribution in [-0.4, -0.2) is 97.1 Å². The van der Waals surface area contributed by atoms with Crippen LogP contribution in [0.15, 0.2) is 45.8 Å². The zero-order valence-electron chi connectivity index (χ0n) is 21.5. The fraction of sp³-hybridized carbons (Fsp3) is 0.273. The number of nitrogens with zero attached hydrogens (tertiary/aromatic N) is 8. The number of oxime groups is 1. The minimum Gasteiger partial charge on any atom is -0.481 e. The van der Waals surface area contributed by atoms with Crippen molar-refractivity contribution in [2.24, 2.45) is 5.16 Å². The van der Waals surface area contributed by atoms with Gasteiger partial charge in [-0.2, -0.15) is 9.36 Å². The molecule has 0 radical (unpaired) electrons. The van der Waals surface area contributed by atoms with Crippen molar-refractivity contribution in [1.29, 1.82) is 0 Å². The molecule has 21 heteroatoms. The minimum atomic E-state index is -1.31. The maximum Gasteiger partial charge on any atom is 0.352 e. The summed E-state index contributed by atoms with van der Waals surface area (Å²) in [4.78, 5) is 60.0. The summed E-state index contributed by atoms with van der Waals surface area (Å²) < 4.78 is 5.31. The second-order valence-electron chi connectivity index (χ2n) is 8.68. The number of hydrogen-bond donors (Lipinski definition) is 4. The lowest BCUT2D eigenvalue weighted by molar-refractivity contribution is -0.150. The maximum absolute atomic E-state index is 13.3. The fourth-order valence-corrected chi connectivity index (χ4v) is 6.86. The molecule has 43 heavy (non-hydrogen) atoms. The number of anilines is 1. The Kier molecular flexibility index (Phi) is 9.08. The number of tetrazole rings is 1. The highest BCUT2D eigenvalue weighted by Crippen LogP contribution is 2.41. The third-order valence-electron chi connectivity index (χ3n) is 5.87. The molecular formula is C22H19ClN10O7S3. The first-order valence-corrected chi connectivity index (χ1v) is 15.2. The quantitative estimate of drug-likeness (QED) is 0.0892. The molecule has 2 aromatic heterocycles. The van der Waals surface area contributed by atoms with Gasteiger partial charge >= 0.3 is 11.9 Å². The third-order valence-corrected chi connectivity index (χ3v) is 9.05. The summed E-state index contributed by atoms with van der Waals surface area (Å²) in [5.41, 5.74) is 5.56. The number of carboxylic acid groups (broad SMARTS) is 2. The molecule has 0 spiro atoms. The first kappa shape index (κ1) is 30.2. The van der Waals surface area contributed by atoms with E-state index in [1.54, 1.807) is 12.1 Å². The number of carbonyl (C=O) groups is 4. The number of nitrogens with two attached hydrogens (primary N) is 1. The SMILES string of the molecule is Nc1nc(C(=NOc2ccc(Cl)cc2)C(=O)NC2C(=O)N3C(C(=O)O)=C(CSc4nnnn4CCC(=O)O)CS[C@@H]23)ns1. The summed E-state index contributed by atoms with van der Waals surface area (Å²) in [6, 6.07) is 5.12. The fourth-order valence-electron chi connectivity index (χ4n) is 3.91. The van der Waals surface area contributed by atoms with Crippen molar-refractivity contribution in [3.63, 3.8) is 0 Å². The predicted molar refractivity (Wildman–Crippen MR) is 153 cm³/mol. The average molecular weight is 667 g/mol. The molecule has 3 aromatic rings. The zero-order chi connectivity index (χ0) is 30.7. The Morgan fingerprint density at radius 3 is 2.70 bits per heavy atom. The molecule has 224 valence electrons. The number of carbonyl (C=O) groups excluding carboxylic acids is 2. The Morgan fingerprint density at radius 1 is 1.26 bits per heavy atom. The number of amides is 2. The monoisotopic (exact) mass is 666 g/mol. The second kappa shape index (κ2) is 12.9. The number of β-lactam (4-membered cyclic amide) rings is 1. The molecule has 5 rings (SSSR count). The van der Waals surface area contributed by atoms with Crippen LogP contribution in [0.5, 0.6) is 5.75 Å². The summed E-state index contributed by atoms with van der Waals surface area (Å²) >= 11 is 9.09. The Bertz CT molecular complexity index is 1640. The van der Waals surface area contributed by atoms with E-state index in [1.165, 1.54) is 28.6 Å². The first-order chi connectivity index (χ1) is 20.6. The lowest BCUT2D eigenvalue weighted by Gasteiger charge is -2.49. The summed E-state index contributed by atoms with van der Waals surface area (Å²) in [5, 5.41) is 36.6. The molecule has 2 aliphatic heterocycles. The van der Waals surface area contributed by atoms with Crippen LogP contribution in [-0.2, 0) is 25.7 Å². The van der Waals surface area contributed by atoms with Crippen molar-refractivity contribution in [3.8, 4) is 5.75 Å². The number of carboxylic acids is 2. The van der Waals surface area contributed by atoms with Crippen LogP contribution < -0.4 is 15.9 Å². The van der Waals surface area contributed by atoms with Gasteiger partial charge in [0.15, 0.2) is 10.9 Å². The summed E-state index contributed by atoms with van der Waals surface area (Å²) in [7, 11) is 0. The van der Waals surface area contributed by atoms with Gasteiger partial charge in [0.25, 0.3) is 11.8 Å². The molecule has 1 unspecified atom stereocenters. The normalized spacial score (nSPS) is 18.2. The minimum absolute atomic E-state index is 0.0390. The lowest BCUT2D eigenvalue weighted by Crippen LogP contribution is -2.71. The first-order valence-electron chi connectivity index (χ1n) is 12.0. The number of halogens is 1. The molecule has 0 aliphatic carbocycles. The largest absolute Gasteiger partial charge is 0.481 e. The summed E-state index contributed by atoms with van der Waals surface area (Å²) in [6.07, 6.45) is -0.194. The zero-order valence-corrected chi connectivity index (χ0v) is 24.7. The van der Waals surface area contributed by atoms with Crippen molar-refractivity contribution in [2.45, 2.75) is 29.5 Å². The van der Waals surface area contributed by atoms with Gasteiger partial charge in [0.2, 0.25) is 16.7 Å². The molecule has 4 heterocycles. The molecule has 1 saturated heterocycles. The Balaban J connectivity index is 1.30. The van der Waals surface area contributed by atoms with E-state index in [4.69, 9.17) is 27.3 Å². The molecule has 2 aliphatic rings. The van der Waals surface area contributed by atoms with E-state index >= 15 is 0 Å². The lowest BCUT2D eigenvalue weighted by atomic mass is 10.0. The number of nitrogens with one attached hydrogen (secondary N) is 1. The van der Waals surface area contributed by atoms with Gasteiger partial charge in [-0.25, -0.2) is 9.48 Å². The van der Waals surface area contributed by atoms with Gasteiger partial charge in [-0.05, 0) is 40.3 Å². The van der Waals surface area contributed by atoms with E-state index in [-0.39, 0.29) is 52.6 Å². The van der Waals surface area contributed by atoms with Gasteiger partial charge in [-0.1, -0.05) is 28.5 Å². The van der Waals surface area contributed by atoms with E-state index < -0.39 is 35.2 Å². The topological polar surface area (TPSA) is 241 Å². The predicted octanol–water partition coefficient (Wildman–Crippen LogP) is 0.549. The number of aliphatic carboxylic acids is 2. The van der Waals surface area contributed by atoms with Gasteiger partial charge < -0.3 is 26.1 Å². The summed E-state index contributed by atoms with van der Waals surface area (Å²) in [5.74, 6) is -3.29. The van der Waals surface area contributed by atoms with Gasteiger partial charge in [0, 0.05) is 28.1 Å². The number of nitrogen functional groups attached to an aromatic ring is 1. The van der Waals surface area contributed by atoms with Crippen LogP contribution in [0.1, 0.15) is 12.2 Å². The third kappa shape index (κ3) is 6.71. The Hall–Kier alpha value is -4.27. The average Bonchev–Trinajstić information content (AvgIpc) is 3.62. The molecule has 0 bridgehead atoms. The van der Waals surface area contributed by atoms with Crippen molar-refractivity contribution in [1.82, 2.24) is 39.8 Å². The van der Waals surface area contributed by atoms with Gasteiger partial charge in [0.05, 0.1) is 13.0 Å². The Labute approximate surface area is 258 Å². The van der Waals surface area contributed by atoms with Gasteiger partial charge in [-0.3, -0.25) is 19.3 Å². The summed E-state index contributed by atoms with van der Waals surface area (Å²) in [6.45, 7) is 0.0390. The number of rotatable bonds is 12. The molecule has 1 fully saturated rings. The molecule has 2 amide bonds. The standard InChI is InChI=1S/C22H19ClN10O7S3/c23-10-1-3-11(4-2-10)40-28-13(16-26-21(24)43-29-16)17(36)25-14-18(37)33-15(20(38)39)9(7-41-19(14)33)8-42-22-27-30-31-32(22)6-5-12(34)35/h1-4,14,19H,5-8H2,(H,25,36)(H,34,35)(H,38,39)(H2,24,26,29)/t14?,19-/m0/s1. The molecule has 0 saturated carbocycles. The smallest absolute Gasteiger partial charge is 0.352 e. The number of fused-ring (bicyclic) bond motifs is 1. The second-order valence-corrected chi connectivity index (χ2v) is 11.9. The van der Waals surface area contributed by atoms with E-state index in [1.807, 2.05) is 0 Å². The van der Waals surface area contributed by atoms with Gasteiger partial charge in [0.1, 0.15) is 17.1 Å². The van der Waals surface area contributed by atoms with Crippen LogP contribution in [0, 0.1) is 0 Å². The number of thioether (sulfide) groups is 2. The van der Waals surface area contributed by atoms with E-state index in [2.05, 4.69) is 35.4 Å². The van der Waals surface area contributed by atoms with Crippen LogP contribution >= 0.6 is 46.7 Å². The van der Waals surface area contributed by atoms with E-state index in [0.717, 1.165) is 28.2 Å². The molecule has 17 nitrogen and oxygen atoms in total. The number of aromatic nitrogens is 6. The number of benzene rings is 1. The molecule has 2 atom stereocenters. The van der Waals surface area contributed by atoms with Crippen molar-refractivity contribution < 1.29 is 34.2 Å². The van der Waals surface area contributed by atoms with E-state index in [9.17, 15) is 24.3 Å². The highest BCUT2D eigenvalue weighted by atomic mass is 35.5. The highest BCUT2D eigenvalue weighted by molar-refractivity contribution is 8.01. The van der Waals surface area contributed by atoms with Crippen molar-refractivity contribution in [2.75, 3.05) is 17.2 Å². The number of hydrogen-bond acceptors (Lipinski definition) is 15. The van der Waals surface area contributed by atoms with Crippen LogP contribution in [0.25, 0.3) is 0 Å². The molecular weight excluding hydrogens is 648 g/mol. The van der Waals surface area contributed by atoms with Crippen molar-refractivity contribution in [3.05, 3.63) is 46.4 Å².